The summed E-state index contributed by atoms with van der Waals surface area (Å²) in [5.74, 6) is 1.55. The Kier molecular flexibility index (Phi) is 5.68. The zero-order valence-corrected chi connectivity index (χ0v) is 13.3. The summed E-state index contributed by atoms with van der Waals surface area (Å²) < 4.78 is 2.04. The molecule has 0 saturated carbocycles. The van der Waals surface area contributed by atoms with E-state index in [0.29, 0.717) is 12.3 Å². The van der Waals surface area contributed by atoms with E-state index < -0.39 is 0 Å². The average molecular weight is 307 g/mol. The van der Waals surface area contributed by atoms with Gasteiger partial charge in [-0.15, -0.1) is 11.6 Å². The molecule has 4 heteroatoms. The van der Waals surface area contributed by atoms with Crippen molar-refractivity contribution in [3.8, 4) is 0 Å². The molecule has 0 aliphatic heterocycles. The molecule has 2 N–H and O–H groups in total. The standard InChI is InChI=1S/C17H23ClN2O/c1-2-3-4-6-16(21)14-8-7-13-12-17(19)20(10-5-9-18)15(13)11-14/h7-8,11-12H,2-6,9-10,19H2,1H3. The summed E-state index contributed by atoms with van der Waals surface area (Å²) in [6, 6.07) is 7.81. The van der Waals surface area contributed by atoms with Gasteiger partial charge >= 0.3 is 0 Å². The third kappa shape index (κ3) is 3.79. The molecule has 21 heavy (non-hydrogen) atoms. The number of hydrogen-bond acceptors (Lipinski definition) is 2. The number of carbonyl (C=O) groups excluding carboxylic acids is 1. The maximum absolute atomic E-state index is 12.2. The zero-order valence-electron chi connectivity index (χ0n) is 12.6. The number of hydrogen-bond donors (Lipinski definition) is 1. The number of carbonyl (C=O) groups is 1. The van der Waals surface area contributed by atoms with Crippen molar-refractivity contribution in [3.05, 3.63) is 29.8 Å². The molecule has 1 aromatic carbocycles. The maximum atomic E-state index is 12.2. The van der Waals surface area contributed by atoms with Crippen LogP contribution in [0.3, 0.4) is 0 Å². The lowest BCUT2D eigenvalue weighted by molar-refractivity contribution is 0.0979. The SMILES string of the molecule is CCCCCC(=O)c1ccc2cc(N)n(CCCCl)c2c1. The number of nitrogens with zero attached hydrogens (tertiary/aromatic N) is 1. The Morgan fingerprint density at radius 1 is 1.24 bits per heavy atom. The van der Waals surface area contributed by atoms with E-state index in [-0.39, 0.29) is 5.78 Å². The van der Waals surface area contributed by atoms with Crippen LogP contribution in [0.25, 0.3) is 10.9 Å². The quantitative estimate of drug-likeness (QED) is 0.439. The first-order chi connectivity index (χ1) is 10.2. The molecule has 2 aromatic rings. The van der Waals surface area contributed by atoms with Gasteiger partial charge in [-0.1, -0.05) is 31.9 Å². The molecule has 0 aliphatic carbocycles. The second-order valence-corrected chi connectivity index (χ2v) is 5.80. The van der Waals surface area contributed by atoms with Crippen LogP contribution in [0.4, 0.5) is 5.82 Å². The topological polar surface area (TPSA) is 48.0 Å². The number of alkyl halides is 1. The molecule has 2 rings (SSSR count). The summed E-state index contributed by atoms with van der Waals surface area (Å²) >= 11 is 5.77. The molecule has 0 aliphatic rings. The van der Waals surface area contributed by atoms with Gasteiger partial charge in [-0.05, 0) is 25.0 Å². The van der Waals surface area contributed by atoms with Crippen LogP contribution in [-0.2, 0) is 6.54 Å². The van der Waals surface area contributed by atoms with Crippen LogP contribution in [0, 0.1) is 0 Å². The van der Waals surface area contributed by atoms with Crippen molar-refractivity contribution in [3.63, 3.8) is 0 Å². The zero-order chi connectivity index (χ0) is 15.2. The van der Waals surface area contributed by atoms with E-state index in [1.54, 1.807) is 0 Å². The highest BCUT2D eigenvalue weighted by Gasteiger charge is 2.10. The molecule has 0 fully saturated rings. The normalized spacial score (nSPS) is 11.1. The van der Waals surface area contributed by atoms with Crippen LogP contribution < -0.4 is 5.73 Å². The van der Waals surface area contributed by atoms with Crippen LogP contribution in [0.15, 0.2) is 24.3 Å². The predicted octanol–water partition coefficient (Wildman–Crippen LogP) is 4.62. The minimum atomic E-state index is 0.217. The molecular formula is C17H23ClN2O. The number of ketones is 1. The number of halogens is 1. The molecule has 0 bridgehead atoms. The summed E-state index contributed by atoms with van der Waals surface area (Å²) in [4.78, 5) is 12.2. The summed E-state index contributed by atoms with van der Waals surface area (Å²) in [7, 11) is 0. The largest absolute Gasteiger partial charge is 0.385 e. The average Bonchev–Trinajstić information content (AvgIpc) is 2.79. The van der Waals surface area contributed by atoms with Crippen molar-refractivity contribution in [2.45, 2.75) is 45.6 Å². The fourth-order valence-corrected chi connectivity index (χ4v) is 2.72. The number of anilines is 1. The number of nitrogen functional groups attached to an aromatic ring is 1. The summed E-state index contributed by atoms with van der Waals surface area (Å²) in [6.45, 7) is 2.93. The van der Waals surface area contributed by atoms with Crippen molar-refractivity contribution in [2.24, 2.45) is 0 Å². The Morgan fingerprint density at radius 3 is 2.76 bits per heavy atom. The second kappa shape index (κ2) is 7.51. The Balaban J connectivity index is 2.24. The summed E-state index contributed by atoms with van der Waals surface area (Å²) in [6.07, 6.45) is 4.68. The molecule has 1 aromatic heterocycles. The number of aryl methyl sites for hydroxylation is 1. The number of fused-ring (bicyclic) bond motifs is 1. The van der Waals surface area contributed by atoms with Crippen LogP contribution in [0.2, 0.25) is 0 Å². The van der Waals surface area contributed by atoms with Gasteiger partial charge in [-0.2, -0.15) is 0 Å². The fourth-order valence-electron chi connectivity index (χ4n) is 2.60. The van der Waals surface area contributed by atoms with Gasteiger partial charge in [0.25, 0.3) is 0 Å². The van der Waals surface area contributed by atoms with Gasteiger partial charge < -0.3 is 10.3 Å². The van der Waals surface area contributed by atoms with Crippen molar-refractivity contribution in [1.29, 1.82) is 0 Å². The summed E-state index contributed by atoms with van der Waals surface area (Å²) in [5, 5.41) is 1.08. The smallest absolute Gasteiger partial charge is 0.162 e. The summed E-state index contributed by atoms with van der Waals surface area (Å²) in [5.41, 5.74) is 7.86. The third-order valence-electron chi connectivity index (χ3n) is 3.78. The van der Waals surface area contributed by atoms with Gasteiger partial charge in [-0.25, -0.2) is 0 Å². The van der Waals surface area contributed by atoms with Gasteiger partial charge in [0.1, 0.15) is 5.82 Å². The van der Waals surface area contributed by atoms with Crippen LogP contribution >= 0.6 is 11.6 Å². The molecule has 1 heterocycles. The lowest BCUT2D eigenvalue weighted by Crippen LogP contribution is -2.04. The Labute approximate surface area is 131 Å². The van der Waals surface area contributed by atoms with Crippen molar-refractivity contribution in [1.82, 2.24) is 4.57 Å². The minimum absolute atomic E-state index is 0.217. The molecular weight excluding hydrogens is 284 g/mol. The van der Waals surface area contributed by atoms with E-state index in [4.69, 9.17) is 17.3 Å². The van der Waals surface area contributed by atoms with Crippen LogP contribution in [0.5, 0.6) is 0 Å². The Morgan fingerprint density at radius 2 is 2.05 bits per heavy atom. The maximum Gasteiger partial charge on any atom is 0.162 e. The van der Waals surface area contributed by atoms with Crippen molar-refractivity contribution >= 4 is 34.1 Å². The molecule has 0 unspecified atom stereocenters. The van der Waals surface area contributed by atoms with E-state index in [2.05, 4.69) is 6.92 Å². The van der Waals surface area contributed by atoms with Crippen molar-refractivity contribution in [2.75, 3.05) is 11.6 Å². The molecule has 0 amide bonds. The van der Waals surface area contributed by atoms with E-state index >= 15 is 0 Å². The molecule has 114 valence electrons. The van der Waals surface area contributed by atoms with E-state index in [1.165, 1.54) is 0 Å². The number of nitrogens with two attached hydrogens (primary N) is 1. The lowest BCUT2D eigenvalue weighted by Gasteiger charge is -2.07. The first-order valence-electron chi connectivity index (χ1n) is 7.65. The molecule has 3 nitrogen and oxygen atoms in total. The Hall–Kier alpha value is -1.48. The monoisotopic (exact) mass is 306 g/mol. The number of rotatable bonds is 8. The highest BCUT2D eigenvalue weighted by atomic mass is 35.5. The first-order valence-corrected chi connectivity index (χ1v) is 8.18. The van der Waals surface area contributed by atoms with E-state index in [9.17, 15) is 4.79 Å². The van der Waals surface area contributed by atoms with Gasteiger partial charge in [0, 0.05) is 29.8 Å². The minimum Gasteiger partial charge on any atom is -0.385 e. The van der Waals surface area contributed by atoms with Crippen molar-refractivity contribution < 1.29 is 4.79 Å². The first kappa shape index (κ1) is 15.9. The van der Waals surface area contributed by atoms with Gasteiger partial charge in [0.05, 0.1) is 5.52 Å². The molecule has 0 atom stereocenters. The van der Waals surface area contributed by atoms with Gasteiger partial charge in [-0.3, -0.25) is 4.79 Å². The number of aromatic nitrogens is 1. The van der Waals surface area contributed by atoms with Crippen LogP contribution in [-0.4, -0.2) is 16.2 Å². The lowest BCUT2D eigenvalue weighted by atomic mass is 10.0. The van der Waals surface area contributed by atoms with E-state index in [0.717, 1.165) is 54.5 Å². The third-order valence-corrected chi connectivity index (χ3v) is 4.05. The Bertz CT molecular complexity index is 619. The predicted molar refractivity (Wildman–Crippen MR) is 90.2 cm³/mol. The van der Waals surface area contributed by atoms with Gasteiger partial charge in [0.2, 0.25) is 0 Å². The number of benzene rings is 1. The highest BCUT2D eigenvalue weighted by molar-refractivity contribution is 6.17. The number of Topliss-reactive ketones (excluding diaryl/α,β-unsaturated/α-hetero) is 1. The van der Waals surface area contributed by atoms with Crippen LogP contribution in [0.1, 0.15) is 49.4 Å². The second-order valence-electron chi connectivity index (χ2n) is 5.42. The molecule has 0 radical (unpaired) electrons. The molecule has 0 spiro atoms. The number of unbranched alkanes of at least 4 members (excludes halogenated alkanes) is 2. The van der Waals surface area contributed by atoms with Gasteiger partial charge in [0.15, 0.2) is 5.78 Å². The highest BCUT2D eigenvalue weighted by Crippen LogP contribution is 2.24. The van der Waals surface area contributed by atoms with E-state index in [1.807, 2.05) is 28.8 Å². The molecule has 0 saturated heterocycles. The fraction of sp³-hybridized carbons (Fsp3) is 0.471.